The van der Waals surface area contributed by atoms with Gasteiger partial charge in [0.05, 0.1) is 0 Å². The van der Waals surface area contributed by atoms with Crippen LogP contribution >= 0.6 is 0 Å². The van der Waals surface area contributed by atoms with Crippen molar-refractivity contribution in [3.63, 3.8) is 0 Å². The number of carbonyl (C=O) groups excluding carboxylic acids is 4. The molecular weight excluding hydrogens is 723 g/mol. The van der Waals surface area contributed by atoms with Crippen molar-refractivity contribution in [2.24, 2.45) is 28.5 Å². The number of carbonyl (C=O) groups is 4. The smallest absolute Gasteiger partial charge is 0.407 e. The minimum absolute atomic E-state index is 0.0976. The maximum absolute atomic E-state index is 13.8. The number of hydrogen-bond donors (Lipinski definition) is 7. The predicted octanol–water partition coefficient (Wildman–Crippen LogP) is 4.81. The molecule has 0 aromatic heterocycles. The molecule has 1 aliphatic rings. The summed E-state index contributed by atoms with van der Waals surface area (Å²) in [5, 5.41) is 15.6. The van der Waals surface area contributed by atoms with Gasteiger partial charge in [-0.3, -0.25) is 14.4 Å². The zero-order chi connectivity index (χ0) is 41.5. The van der Waals surface area contributed by atoms with Crippen LogP contribution in [-0.2, 0) is 20.7 Å². The summed E-state index contributed by atoms with van der Waals surface area (Å²) < 4.78 is 5.36. The fraction of sp³-hybridized carbons (Fsp3) is 0.465. The third kappa shape index (κ3) is 13.9. The van der Waals surface area contributed by atoms with Gasteiger partial charge in [0.25, 0.3) is 5.91 Å². The van der Waals surface area contributed by atoms with E-state index in [0.717, 1.165) is 54.7 Å². The maximum Gasteiger partial charge on any atom is 0.407 e. The van der Waals surface area contributed by atoms with Crippen molar-refractivity contribution in [2.45, 2.75) is 85.3 Å². The second kappa shape index (κ2) is 21.2. The summed E-state index contributed by atoms with van der Waals surface area (Å²) in [6.07, 6.45) is 2.65. The second-order valence-electron chi connectivity index (χ2n) is 15.6. The topological polar surface area (TPSA) is 205 Å². The number of hydrazone groups is 1. The molecule has 1 atom stereocenters. The highest BCUT2D eigenvalue weighted by Crippen LogP contribution is 2.29. The minimum atomic E-state index is -0.857. The number of rotatable bonds is 17. The molecule has 0 aliphatic heterocycles. The highest BCUT2D eigenvalue weighted by atomic mass is 16.6. The lowest BCUT2D eigenvalue weighted by molar-refractivity contribution is -0.130. The summed E-state index contributed by atoms with van der Waals surface area (Å²) in [7, 11) is 0. The normalized spacial score (nSPS) is 16.3. The van der Waals surface area contributed by atoms with Gasteiger partial charge in [0, 0.05) is 48.8 Å². The van der Waals surface area contributed by atoms with Crippen molar-refractivity contribution < 1.29 is 23.9 Å². The minimum Gasteiger partial charge on any atom is -0.444 e. The van der Waals surface area contributed by atoms with Crippen LogP contribution in [0, 0.1) is 18.8 Å². The molecule has 0 saturated heterocycles. The number of nitrogens with two attached hydrogens (primary N) is 2. The van der Waals surface area contributed by atoms with Crippen LogP contribution in [0.4, 0.5) is 10.5 Å². The quantitative estimate of drug-likeness (QED) is 0.0434. The van der Waals surface area contributed by atoms with Gasteiger partial charge in [0.15, 0.2) is 5.84 Å². The first kappa shape index (κ1) is 44.2. The molecule has 1 aliphatic carbocycles. The lowest BCUT2D eigenvalue weighted by atomic mass is 9.81. The Balaban J connectivity index is 1.43. The van der Waals surface area contributed by atoms with Gasteiger partial charge in [-0.25, -0.2) is 16.2 Å². The van der Waals surface area contributed by atoms with Gasteiger partial charge in [-0.1, -0.05) is 44.2 Å². The summed E-state index contributed by atoms with van der Waals surface area (Å²) >= 11 is 0. The summed E-state index contributed by atoms with van der Waals surface area (Å²) in [6, 6.07) is 19.6. The van der Waals surface area contributed by atoms with Crippen molar-refractivity contribution in [2.75, 3.05) is 38.0 Å². The standard InChI is InChI=1S/C43H61N9O5/c1-7-52(8-2)24-23-46-39(53)34-19-22-36(28(3)25-34)31-13-9-29(10-14-31)26-37(41(55)48-35-20-17-32(18-21-35)38(44)50-51-45)49-40(54)33-15-11-30(12-16-33)27-47-42(56)57-43(4,5)6/h9-10,13-14,17-22,25,30,33,37,51H,7-8,11-12,15-16,23-24,26-27,45H2,1-6H3,(H2,44,50)(H,46,53)(H,47,56)(H,48,55)(H,49,54)/t30?,33?,37-/m0/s1. The molecule has 14 heteroatoms. The fourth-order valence-electron chi connectivity index (χ4n) is 6.91. The molecule has 0 heterocycles. The van der Waals surface area contributed by atoms with Gasteiger partial charge in [-0.2, -0.15) is 0 Å². The van der Waals surface area contributed by atoms with Crippen LogP contribution < -0.4 is 38.4 Å². The maximum atomic E-state index is 13.8. The van der Waals surface area contributed by atoms with Crippen LogP contribution in [0.25, 0.3) is 11.1 Å². The molecule has 1 fully saturated rings. The van der Waals surface area contributed by atoms with E-state index in [-0.39, 0.29) is 41.8 Å². The zero-order valence-electron chi connectivity index (χ0n) is 34.2. The second-order valence-corrected chi connectivity index (χ2v) is 15.6. The van der Waals surface area contributed by atoms with Crippen LogP contribution in [0.3, 0.4) is 0 Å². The van der Waals surface area contributed by atoms with Gasteiger partial charge in [-0.15, -0.1) is 5.10 Å². The fourth-order valence-corrected chi connectivity index (χ4v) is 6.91. The van der Waals surface area contributed by atoms with E-state index in [9.17, 15) is 19.2 Å². The van der Waals surface area contributed by atoms with E-state index >= 15 is 0 Å². The molecule has 1 saturated carbocycles. The van der Waals surface area contributed by atoms with Crippen molar-refractivity contribution >= 4 is 35.3 Å². The van der Waals surface area contributed by atoms with Crippen molar-refractivity contribution in [1.29, 1.82) is 0 Å². The predicted molar refractivity (Wildman–Crippen MR) is 225 cm³/mol. The van der Waals surface area contributed by atoms with Gasteiger partial charge in [-0.05, 0) is 131 Å². The Morgan fingerprint density at radius 3 is 2.14 bits per heavy atom. The van der Waals surface area contributed by atoms with Crippen LogP contribution in [0.5, 0.6) is 0 Å². The Morgan fingerprint density at radius 2 is 1.54 bits per heavy atom. The van der Waals surface area contributed by atoms with Gasteiger partial charge in [0.1, 0.15) is 11.6 Å². The number of nitrogens with one attached hydrogen (secondary N) is 5. The van der Waals surface area contributed by atoms with Gasteiger partial charge >= 0.3 is 6.09 Å². The van der Waals surface area contributed by atoms with Gasteiger partial charge < -0.3 is 36.6 Å². The number of amides is 4. The Bertz CT molecular complexity index is 1830. The first-order valence-corrected chi connectivity index (χ1v) is 19.9. The molecule has 3 aromatic carbocycles. The van der Waals surface area contributed by atoms with E-state index in [0.29, 0.717) is 42.7 Å². The molecule has 9 N–H and O–H groups in total. The average molecular weight is 784 g/mol. The van der Waals surface area contributed by atoms with Crippen LogP contribution in [-0.4, -0.2) is 78.9 Å². The number of alkyl carbamates (subject to hydrolysis) is 1. The number of hydrogen-bond acceptors (Lipinski definition) is 9. The molecule has 4 amide bonds. The largest absolute Gasteiger partial charge is 0.444 e. The SMILES string of the molecule is CCN(CC)CCNC(=O)c1ccc(-c2ccc(C[C@H](NC(=O)C3CCC(CNC(=O)OC(C)(C)C)CC3)C(=O)Nc3ccc(/C(N)=N/NN)cc3)cc2)c(C)c1. The lowest BCUT2D eigenvalue weighted by Gasteiger charge is -2.29. The molecule has 4 rings (SSSR count). The van der Waals surface area contributed by atoms with Crippen LogP contribution in [0.2, 0.25) is 0 Å². The molecule has 57 heavy (non-hydrogen) atoms. The number of likely N-dealkylation sites (N-methyl/N-ethyl adjacent to an activating group) is 1. The average Bonchev–Trinajstić information content (AvgIpc) is 3.18. The lowest BCUT2D eigenvalue weighted by Crippen LogP contribution is -2.48. The summed E-state index contributed by atoms with van der Waals surface area (Å²) in [5.74, 6) is 4.79. The molecular formula is C43H61N9O5. The number of nitrogens with zero attached hydrogens (tertiary/aromatic N) is 2. The van der Waals surface area contributed by atoms with Crippen LogP contribution in [0.1, 0.15) is 87.4 Å². The molecule has 308 valence electrons. The molecule has 0 spiro atoms. The number of hydrazine groups is 1. The van der Waals surface area contributed by atoms with Crippen molar-refractivity contribution in [3.8, 4) is 11.1 Å². The number of aryl methyl sites for hydroxylation is 1. The number of anilines is 1. The molecule has 0 unspecified atom stereocenters. The van der Waals surface area contributed by atoms with E-state index < -0.39 is 17.7 Å². The molecule has 3 aromatic rings. The Labute approximate surface area is 336 Å². The number of ether oxygens (including phenoxy) is 1. The summed E-state index contributed by atoms with van der Waals surface area (Å²) in [5.41, 5.74) is 13.1. The summed E-state index contributed by atoms with van der Waals surface area (Å²) in [4.78, 5) is 54.7. The van der Waals surface area contributed by atoms with E-state index in [1.54, 1.807) is 24.3 Å². The molecule has 14 nitrogen and oxygen atoms in total. The van der Waals surface area contributed by atoms with Gasteiger partial charge in [0.2, 0.25) is 11.8 Å². The Morgan fingerprint density at radius 1 is 0.895 bits per heavy atom. The first-order chi connectivity index (χ1) is 27.2. The monoisotopic (exact) mass is 783 g/mol. The van der Waals surface area contributed by atoms with E-state index in [2.05, 4.69) is 50.7 Å². The van der Waals surface area contributed by atoms with Crippen molar-refractivity contribution in [3.05, 3.63) is 89.0 Å². The Kier molecular flexibility index (Phi) is 16.4. The first-order valence-electron chi connectivity index (χ1n) is 19.9. The molecule has 0 bridgehead atoms. The third-order valence-electron chi connectivity index (χ3n) is 10.2. The van der Waals surface area contributed by atoms with Crippen LogP contribution in [0.15, 0.2) is 71.8 Å². The Hall–Kier alpha value is -5.47. The number of amidine groups is 1. The zero-order valence-corrected chi connectivity index (χ0v) is 34.2. The highest BCUT2D eigenvalue weighted by molar-refractivity contribution is 6.00. The van der Waals surface area contributed by atoms with E-state index in [1.165, 1.54) is 0 Å². The molecule has 0 radical (unpaired) electrons. The van der Waals surface area contributed by atoms with E-state index in [1.807, 2.05) is 70.2 Å². The highest BCUT2D eigenvalue weighted by Gasteiger charge is 2.30. The van der Waals surface area contributed by atoms with E-state index in [4.69, 9.17) is 16.3 Å². The third-order valence-corrected chi connectivity index (χ3v) is 10.2. The number of benzene rings is 3. The van der Waals surface area contributed by atoms with Crippen molar-refractivity contribution in [1.82, 2.24) is 26.4 Å². The summed E-state index contributed by atoms with van der Waals surface area (Å²) in [6.45, 7) is 15.4.